The van der Waals surface area contributed by atoms with Gasteiger partial charge < -0.3 is 9.64 Å². The summed E-state index contributed by atoms with van der Waals surface area (Å²) in [6.45, 7) is 2.68. The third-order valence-corrected chi connectivity index (χ3v) is 4.73. The quantitative estimate of drug-likeness (QED) is 0.753. The van der Waals surface area contributed by atoms with Crippen LogP contribution >= 0.6 is 0 Å². The van der Waals surface area contributed by atoms with Crippen molar-refractivity contribution in [2.45, 2.75) is 39.0 Å². The third kappa shape index (κ3) is 3.21. The van der Waals surface area contributed by atoms with E-state index >= 15 is 0 Å². The molecule has 0 bridgehead atoms. The van der Waals surface area contributed by atoms with Gasteiger partial charge in [0.05, 0.1) is 5.41 Å². The second kappa shape index (κ2) is 5.58. The summed E-state index contributed by atoms with van der Waals surface area (Å²) in [6.07, 6.45) is 0.740. The molecule has 0 N–H and O–H groups in total. The number of amides is 1. The van der Waals surface area contributed by atoms with Crippen molar-refractivity contribution >= 4 is 11.6 Å². The standard InChI is InChI=1S/C17H18F3NO2/c1-12-6-8-16(9-7-12)10-11-21(15(16)22)13-2-4-14(5-3-13)23-17(18,19)20/h2-6H,7-11H2,1H3/t16-/m0/s1. The Morgan fingerprint density at radius 3 is 2.43 bits per heavy atom. The van der Waals surface area contributed by atoms with Gasteiger partial charge in [-0.05, 0) is 56.9 Å². The first-order valence-corrected chi connectivity index (χ1v) is 7.63. The number of carbonyl (C=O) groups is 1. The maximum absolute atomic E-state index is 12.8. The fraction of sp³-hybridized carbons (Fsp3) is 0.471. The molecule has 1 saturated heterocycles. The van der Waals surface area contributed by atoms with Gasteiger partial charge in [0.25, 0.3) is 0 Å². The highest BCUT2D eigenvalue weighted by molar-refractivity contribution is 6.00. The Balaban J connectivity index is 1.75. The van der Waals surface area contributed by atoms with E-state index in [0.717, 1.165) is 25.7 Å². The van der Waals surface area contributed by atoms with Crippen LogP contribution in [-0.4, -0.2) is 18.8 Å². The molecule has 124 valence electrons. The number of anilines is 1. The fourth-order valence-electron chi connectivity index (χ4n) is 3.33. The molecule has 1 fully saturated rings. The molecule has 0 radical (unpaired) electrons. The topological polar surface area (TPSA) is 29.5 Å². The molecule has 1 aromatic rings. The Bertz CT molecular complexity index is 636. The first kappa shape index (κ1) is 15.9. The Morgan fingerprint density at radius 2 is 1.87 bits per heavy atom. The van der Waals surface area contributed by atoms with Crippen LogP contribution in [0.1, 0.15) is 32.6 Å². The molecule has 1 aliphatic carbocycles. The molecule has 23 heavy (non-hydrogen) atoms. The van der Waals surface area contributed by atoms with E-state index in [1.54, 1.807) is 4.90 Å². The van der Waals surface area contributed by atoms with Gasteiger partial charge in [-0.3, -0.25) is 4.79 Å². The number of benzene rings is 1. The van der Waals surface area contributed by atoms with E-state index < -0.39 is 6.36 Å². The lowest BCUT2D eigenvalue weighted by Crippen LogP contribution is -2.35. The molecule has 0 saturated carbocycles. The van der Waals surface area contributed by atoms with Gasteiger partial charge in [0.2, 0.25) is 5.91 Å². The minimum Gasteiger partial charge on any atom is -0.406 e. The van der Waals surface area contributed by atoms with Crippen LogP contribution in [0.2, 0.25) is 0 Å². The van der Waals surface area contributed by atoms with Crippen molar-refractivity contribution in [3.8, 4) is 5.75 Å². The zero-order valence-corrected chi connectivity index (χ0v) is 12.8. The van der Waals surface area contributed by atoms with Gasteiger partial charge in [-0.2, -0.15) is 0 Å². The monoisotopic (exact) mass is 325 g/mol. The largest absolute Gasteiger partial charge is 0.573 e. The maximum atomic E-state index is 12.8. The first-order valence-electron chi connectivity index (χ1n) is 7.63. The van der Waals surface area contributed by atoms with Gasteiger partial charge in [0.1, 0.15) is 5.75 Å². The predicted octanol–water partition coefficient (Wildman–Crippen LogP) is 4.44. The summed E-state index contributed by atoms with van der Waals surface area (Å²) in [5.41, 5.74) is 1.60. The molecule has 0 unspecified atom stereocenters. The highest BCUT2D eigenvalue weighted by atomic mass is 19.4. The summed E-state index contributed by atoms with van der Waals surface area (Å²) in [7, 11) is 0. The van der Waals surface area contributed by atoms with E-state index in [9.17, 15) is 18.0 Å². The zero-order valence-electron chi connectivity index (χ0n) is 12.8. The number of nitrogens with zero attached hydrogens (tertiary/aromatic N) is 1. The van der Waals surface area contributed by atoms with E-state index in [4.69, 9.17) is 0 Å². The van der Waals surface area contributed by atoms with Crippen molar-refractivity contribution in [3.63, 3.8) is 0 Å². The van der Waals surface area contributed by atoms with Crippen molar-refractivity contribution in [3.05, 3.63) is 35.9 Å². The molecule has 3 rings (SSSR count). The summed E-state index contributed by atoms with van der Waals surface area (Å²) >= 11 is 0. The molecule has 1 aromatic carbocycles. The molecule has 1 spiro atoms. The molecular weight excluding hydrogens is 307 g/mol. The predicted molar refractivity (Wildman–Crippen MR) is 80.1 cm³/mol. The molecule has 0 aromatic heterocycles. The van der Waals surface area contributed by atoms with Crippen LogP contribution in [-0.2, 0) is 4.79 Å². The lowest BCUT2D eigenvalue weighted by Gasteiger charge is -2.30. The Morgan fingerprint density at radius 1 is 1.17 bits per heavy atom. The van der Waals surface area contributed by atoms with Crippen molar-refractivity contribution in [2.75, 3.05) is 11.4 Å². The molecule has 6 heteroatoms. The van der Waals surface area contributed by atoms with Crippen molar-refractivity contribution in [2.24, 2.45) is 5.41 Å². The van der Waals surface area contributed by atoms with Crippen LogP contribution in [0.5, 0.6) is 5.75 Å². The number of hydrogen-bond acceptors (Lipinski definition) is 2. The van der Waals surface area contributed by atoms with Crippen molar-refractivity contribution in [1.29, 1.82) is 0 Å². The lowest BCUT2D eigenvalue weighted by atomic mass is 9.74. The summed E-state index contributed by atoms with van der Waals surface area (Å²) in [6, 6.07) is 5.49. The Kier molecular flexibility index (Phi) is 3.86. The molecule has 1 amide bonds. The van der Waals surface area contributed by atoms with Crippen molar-refractivity contribution in [1.82, 2.24) is 0 Å². The van der Waals surface area contributed by atoms with E-state index in [1.807, 2.05) is 0 Å². The SMILES string of the molecule is CC1=CC[C@]2(CC1)CCN(c1ccc(OC(F)(F)F)cc1)C2=O. The number of ether oxygens (including phenoxy) is 1. The second-order valence-corrected chi connectivity index (χ2v) is 6.28. The zero-order chi connectivity index (χ0) is 16.7. The number of alkyl halides is 3. The first-order chi connectivity index (χ1) is 10.8. The average molecular weight is 325 g/mol. The number of halogens is 3. The molecule has 1 aliphatic heterocycles. The summed E-state index contributed by atoms with van der Waals surface area (Å²) < 4.78 is 40.4. The van der Waals surface area contributed by atoms with Crippen molar-refractivity contribution < 1.29 is 22.7 Å². The van der Waals surface area contributed by atoms with Gasteiger partial charge >= 0.3 is 6.36 Å². The highest BCUT2D eigenvalue weighted by Crippen LogP contribution is 2.45. The van der Waals surface area contributed by atoms with E-state index in [0.29, 0.717) is 12.2 Å². The lowest BCUT2D eigenvalue weighted by molar-refractivity contribution is -0.274. The van der Waals surface area contributed by atoms with E-state index in [-0.39, 0.29) is 17.1 Å². The number of rotatable bonds is 2. The average Bonchev–Trinajstić information content (AvgIpc) is 2.79. The van der Waals surface area contributed by atoms with Gasteiger partial charge in [-0.1, -0.05) is 11.6 Å². The van der Waals surface area contributed by atoms with Crippen LogP contribution < -0.4 is 9.64 Å². The highest BCUT2D eigenvalue weighted by Gasteiger charge is 2.46. The molecule has 1 heterocycles. The van der Waals surface area contributed by atoms with Gasteiger partial charge in [-0.15, -0.1) is 13.2 Å². The van der Waals surface area contributed by atoms with Crippen LogP contribution in [0.15, 0.2) is 35.9 Å². The van der Waals surface area contributed by atoms with Crippen LogP contribution in [0.25, 0.3) is 0 Å². The smallest absolute Gasteiger partial charge is 0.406 e. The molecular formula is C17H18F3NO2. The van der Waals surface area contributed by atoms with E-state index in [1.165, 1.54) is 29.8 Å². The Hall–Kier alpha value is -1.98. The molecule has 1 atom stereocenters. The fourth-order valence-corrected chi connectivity index (χ4v) is 3.33. The van der Waals surface area contributed by atoms with E-state index in [2.05, 4.69) is 17.7 Å². The molecule has 2 aliphatic rings. The van der Waals surface area contributed by atoms with Crippen LogP contribution in [0.3, 0.4) is 0 Å². The van der Waals surface area contributed by atoms with Crippen LogP contribution in [0.4, 0.5) is 18.9 Å². The summed E-state index contributed by atoms with van der Waals surface area (Å²) in [4.78, 5) is 14.5. The number of allylic oxidation sites excluding steroid dienone is 2. The molecule has 3 nitrogen and oxygen atoms in total. The second-order valence-electron chi connectivity index (χ2n) is 6.28. The normalized spacial score (nSPS) is 25.0. The van der Waals surface area contributed by atoms with Crippen LogP contribution in [0, 0.1) is 5.41 Å². The summed E-state index contributed by atoms with van der Waals surface area (Å²) in [5.74, 6) is -0.204. The number of carbonyl (C=O) groups excluding carboxylic acids is 1. The summed E-state index contributed by atoms with van der Waals surface area (Å²) in [5, 5.41) is 0. The minimum absolute atomic E-state index is 0.0748. The van der Waals surface area contributed by atoms with Gasteiger partial charge in [-0.25, -0.2) is 0 Å². The minimum atomic E-state index is -4.71. The number of hydrogen-bond donors (Lipinski definition) is 0. The maximum Gasteiger partial charge on any atom is 0.573 e. The van der Waals surface area contributed by atoms with Gasteiger partial charge in [0, 0.05) is 12.2 Å². The van der Waals surface area contributed by atoms with Gasteiger partial charge in [0.15, 0.2) is 0 Å². The Labute approximate surface area is 132 Å². The third-order valence-electron chi connectivity index (χ3n) is 4.73.